The third kappa shape index (κ3) is 2.12. The van der Waals surface area contributed by atoms with Gasteiger partial charge in [-0.1, -0.05) is 36.8 Å². The van der Waals surface area contributed by atoms with Crippen molar-refractivity contribution >= 4 is 0 Å². The van der Waals surface area contributed by atoms with Crippen molar-refractivity contribution in [3.05, 3.63) is 35.9 Å². The number of benzene rings is 1. The fourth-order valence-corrected chi connectivity index (χ4v) is 3.52. The summed E-state index contributed by atoms with van der Waals surface area (Å²) in [4.78, 5) is 2.71. The van der Waals surface area contributed by atoms with Gasteiger partial charge in [0, 0.05) is 31.2 Å². The Morgan fingerprint density at radius 2 is 2.06 bits per heavy atom. The van der Waals surface area contributed by atoms with Gasteiger partial charge in [0.15, 0.2) is 0 Å². The molecule has 3 rings (SSSR count). The lowest BCUT2D eigenvalue weighted by atomic mass is 10.0. The number of rotatable bonds is 2. The molecule has 1 aromatic carbocycles. The van der Waals surface area contributed by atoms with Crippen LogP contribution in [0.3, 0.4) is 0 Å². The van der Waals surface area contributed by atoms with Crippen molar-refractivity contribution in [3.63, 3.8) is 0 Å². The third-order valence-corrected chi connectivity index (χ3v) is 4.46. The maximum atomic E-state index is 3.68. The zero-order valence-electron chi connectivity index (χ0n) is 10.6. The van der Waals surface area contributed by atoms with Gasteiger partial charge in [0.1, 0.15) is 0 Å². The van der Waals surface area contributed by atoms with Gasteiger partial charge in [0.25, 0.3) is 0 Å². The molecule has 2 heteroatoms. The summed E-state index contributed by atoms with van der Waals surface area (Å²) < 4.78 is 0. The summed E-state index contributed by atoms with van der Waals surface area (Å²) >= 11 is 0. The van der Waals surface area contributed by atoms with Crippen LogP contribution in [0.5, 0.6) is 0 Å². The van der Waals surface area contributed by atoms with Crippen LogP contribution < -0.4 is 5.32 Å². The van der Waals surface area contributed by atoms with Crippen molar-refractivity contribution in [2.24, 2.45) is 0 Å². The molecular formula is C15H22N2. The summed E-state index contributed by atoms with van der Waals surface area (Å²) in [7, 11) is 0. The van der Waals surface area contributed by atoms with Gasteiger partial charge in [-0.2, -0.15) is 0 Å². The van der Waals surface area contributed by atoms with Gasteiger partial charge in [-0.05, 0) is 25.3 Å². The van der Waals surface area contributed by atoms with Crippen LogP contribution >= 0.6 is 0 Å². The normalized spacial score (nSPS) is 31.1. The van der Waals surface area contributed by atoms with Crippen LogP contribution in [0.2, 0.25) is 0 Å². The van der Waals surface area contributed by atoms with Crippen LogP contribution in [0.4, 0.5) is 0 Å². The molecule has 0 unspecified atom stereocenters. The molecule has 0 bridgehead atoms. The van der Waals surface area contributed by atoms with Gasteiger partial charge in [0.05, 0.1) is 0 Å². The first-order chi connectivity index (χ1) is 8.36. The number of fused-ring (bicyclic) bond motifs is 1. The minimum Gasteiger partial charge on any atom is -0.311 e. The van der Waals surface area contributed by atoms with Crippen molar-refractivity contribution in [2.75, 3.05) is 13.1 Å². The first kappa shape index (κ1) is 11.2. The van der Waals surface area contributed by atoms with E-state index in [1.807, 2.05) is 0 Å². The molecule has 2 fully saturated rings. The molecule has 3 atom stereocenters. The fourth-order valence-electron chi connectivity index (χ4n) is 3.52. The van der Waals surface area contributed by atoms with Crippen molar-refractivity contribution in [3.8, 4) is 0 Å². The molecule has 0 amide bonds. The average molecular weight is 230 g/mol. The molecule has 17 heavy (non-hydrogen) atoms. The molecule has 1 saturated carbocycles. The largest absolute Gasteiger partial charge is 0.311 e. The number of hydrogen-bond acceptors (Lipinski definition) is 2. The molecule has 0 spiro atoms. The van der Waals surface area contributed by atoms with Crippen molar-refractivity contribution in [1.29, 1.82) is 0 Å². The zero-order chi connectivity index (χ0) is 11.7. The van der Waals surface area contributed by atoms with Gasteiger partial charge in [-0.25, -0.2) is 0 Å². The molecule has 2 aliphatic rings. The molecule has 1 saturated heterocycles. The highest BCUT2D eigenvalue weighted by atomic mass is 15.3. The smallest absolute Gasteiger partial charge is 0.0324 e. The van der Waals surface area contributed by atoms with Crippen molar-refractivity contribution in [2.45, 2.75) is 44.3 Å². The number of piperazine rings is 1. The quantitative estimate of drug-likeness (QED) is 0.840. The van der Waals surface area contributed by atoms with Crippen LogP contribution in [0.15, 0.2) is 30.3 Å². The molecule has 1 N–H and O–H groups in total. The average Bonchev–Trinajstić information content (AvgIpc) is 2.87. The Labute approximate surface area is 104 Å². The van der Waals surface area contributed by atoms with Crippen LogP contribution in [-0.2, 0) is 0 Å². The summed E-state index contributed by atoms with van der Waals surface area (Å²) in [6, 6.07) is 13.0. The highest BCUT2D eigenvalue weighted by Gasteiger charge is 2.36. The lowest BCUT2D eigenvalue weighted by molar-refractivity contribution is 0.0951. The number of hydrogen-bond donors (Lipinski definition) is 1. The zero-order valence-corrected chi connectivity index (χ0v) is 10.6. The summed E-state index contributed by atoms with van der Waals surface area (Å²) in [5.41, 5.74) is 1.46. The first-order valence-electron chi connectivity index (χ1n) is 6.90. The first-order valence-corrected chi connectivity index (χ1v) is 6.90. The molecule has 1 aliphatic heterocycles. The second-order valence-electron chi connectivity index (χ2n) is 5.38. The van der Waals surface area contributed by atoms with Crippen LogP contribution in [-0.4, -0.2) is 30.1 Å². The van der Waals surface area contributed by atoms with Gasteiger partial charge in [-0.15, -0.1) is 0 Å². The second-order valence-corrected chi connectivity index (χ2v) is 5.38. The fraction of sp³-hybridized carbons (Fsp3) is 0.600. The molecule has 1 aliphatic carbocycles. The molecule has 1 heterocycles. The molecular weight excluding hydrogens is 208 g/mol. The Morgan fingerprint density at radius 1 is 1.24 bits per heavy atom. The van der Waals surface area contributed by atoms with E-state index in [0.29, 0.717) is 6.04 Å². The van der Waals surface area contributed by atoms with Crippen molar-refractivity contribution in [1.82, 2.24) is 10.2 Å². The van der Waals surface area contributed by atoms with E-state index >= 15 is 0 Å². The number of nitrogens with zero attached hydrogens (tertiary/aromatic N) is 1. The standard InChI is InChI=1S/C15H22N2/c1-12(13-6-3-2-4-7-13)17-11-10-16-14-8-5-9-15(14)17/h2-4,6-7,12,14-16H,5,8-11H2,1H3/t12-,14+,15-/m0/s1. The molecule has 92 valence electrons. The van der Waals surface area contributed by atoms with Crippen LogP contribution in [0.1, 0.15) is 37.8 Å². The van der Waals surface area contributed by atoms with E-state index in [1.165, 1.54) is 31.4 Å². The van der Waals surface area contributed by atoms with E-state index in [0.717, 1.165) is 18.6 Å². The summed E-state index contributed by atoms with van der Waals surface area (Å²) in [5, 5.41) is 3.68. The number of nitrogens with one attached hydrogen (secondary N) is 1. The van der Waals surface area contributed by atoms with E-state index in [-0.39, 0.29) is 0 Å². The van der Waals surface area contributed by atoms with Gasteiger partial charge in [0.2, 0.25) is 0 Å². The van der Waals surface area contributed by atoms with Crippen molar-refractivity contribution < 1.29 is 0 Å². The summed E-state index contributed by atoms with van der Waals surface area (Å²) in [6.45, 7) is 4.70. The lowest BCUT2D eigenvalue weighted by Crippen LogP contribution is -2.55. The monoisotopic (exact) mass is 230 g/mol. The van der Waals surface area contributed by atoms with E-state index in [4.69, 9.17) is 0 Å². The highest BCUT2D eigenvalue weighted by molar-refractivity contribution is 5.19. The minimum atomic E-state index is 0.559. The van der Waals surface area contributed by atoms with Crippen LogP contribution in [0.25, 0.3) is 0 Å². The minimum absolute atomic E-state index is 0.559. The van der Waals surface area contributed by atoms with E-state index < -0.39 is 0 Å². The Bertz CT molecular complexity index is 362. The van der Waals surface area contributed by atoms with Gasteiger partial charge >= 0.3 is 0 Å². The Hall–Kier alpha value is -0.860. The summed E-state index contributed by atoms with van der Waals surface area (Å²) in [6.07, 6.45) is 4.12. The van der Waals surface area contributed by atoms with Gasteiger partial charge in [-0.3, -0.25) is 4.90 Å². The molecule has 0 radical (unpaired) electrons. The van der Waals surface area contributed by atoms with Gasteiger partial charge < -0.3 is 5.32 Å². The van der Waals surface area contributed by atoms with Crippen LogP contribution in [0, 0.1) is 0 Å². The topological polar surface area (TPSA) is 15.3 Å². The third-order valence-electron chi connectivity index (χ3n) is 4.46. The lowest BCUT2D eigenvalue weighted by Gasteiger charge is -2.42. The predicted molar refractivity (Wildman–Crippen MR) is 71.0 cm³/mol. The molecule has 0 aromatic heterocycles. The van der Waals surface area contributed by atoms with E-state index in [1.54, 1.807) is 0 Å². The Kier molecular flexibility index (Phi) is 3.17. The Morgan fingerprint density at radius 3 is 2.88 bits per heavy atom. The summed E-state index contributed by atoms with van der Waals surface area (Å²) in [5.74, 6) is 0. The Balaban J connectivity index is 1.79. The van der Waals surface area contributed by atoms with E-state index in [2.05, 4.69) is 47.5 Å². The maximum absolute atomic E-state index is 3.68. The highest BCUT2D eigenvalue weighted by Crippen LogP contribution is 2.32. The SMILES string of the molecule is C[C@@H](c1ccccc1)N1CCN[C@@H]2CCC[C@@H]21. The molecule has 1 aromatic rings. The maximum Gasteiger partial charge on any atom is 0.0324 e. The predicted octanol–water partition coefficient (Wildman–Crippen LogP) is 2.57. The molecule has 2 nitrogen and oxygen atoms in total. The second kappa shape index (κ2) is 4.79. The van der Waals surface area contributed by atoms with E-state index in [9.17, 15) is 0 Å².